The van der Waals surface area contributed by atoms with Crippen molar-refractivity contribution >= 4 is 16.8 Å². The fraction of sp³-hybridized carbons (Fsp3) is 0.400. The van der Waals surface area contributed by atoms with Crippen molar-refractivity contribution in [3.05, 3.63) is 76.3 Å². The third kappa shape index (κ3) is 3.89. The molecule has 0 saturated heterocycles. The minimum atomic E-state index is -0.157. The topological polar surface area (TPSA) is 66.1 Å². The first kappa shape index (κ1) is 19.0. The number of benzene rings is 2. The molecule has 1 heterocycles. The molecule has 3 aromatic rings. The summed E-state index contributed by atoms with van der Waals surface area (Å²) in [6.45, 7) is 0.839. The molecular weight excluding hydrogens is 374 g/mol. The van der Waals surface area contributed by atoms with Gasteiger partial charge in [0.05, 0.1) is 17.4 Å². The maximum Gasteiger partial charge on any atom is 0.258 e. The zero-order valence-electron chi connectivity index (χ0n) is 17.1. The predicted molar refractivity (Wildman–Crippen MR) is 117 cm³/mol. The largest absolute Gasteiger partial charge is 0.331 e. The summed E-state index contributed by atoms with van der Waals surface area (Å²) < 4.78 is 0. The number of nitrogens with zero attached hydrogens (tertiary/aromatic N) is 2. The van der Waals surface area contributed by atoms with Gasteiger partial charge in [0.25, 0.3) is 5.56 Å². The molecule has 3 unspecified atom stereocenters. The van der Waals surface area contributed by atoms with E-state index in [4.69, 9.17) is 0 Å². The molecule has 1 amide bonds. The van der Waals surface area contributed by atoms with Crippen molar-refractivity contribution in [2.45, 2.75) is 45.2 Å². The van der Waals surface area contributed by atoms with Gasteiger partial charge in [-0.05, 0) is 54.7 Å². The first-order valence-electron chi connectivity index (χ1n) is 11.0. The van der Waals surface area contributed by atoms with E-state index < -0.39 is 0 Å². The van der Waals surface area contributed by atoms with Crippen molar-refractivity contribution in [3.8, 4) is 0 Å². The summed E-state index contributed by atoms with van der Waals surface area (Å²) in [7, 11) is 0. The van der Waals surface area contributed by atoms with Gasteiger partial charge in [-0.3, -0.25) is 9.59 Å². The van der Waals surface area contributed by atoms with E-state index in [0.717, 1.165) is 17.4 Å². The Hall–Kier alpha value is -2.95. The van der Waals surface area contributed by atoms with E-state index in [1.54, 1.807) is 6.07 Å². The molecule has 2 aliphatic carbocycles. The number of aromatic amines is 1. The van der Waals surface area contributed by atoms with Crippen LogP contribution in [-0.2, 0) is 17.9 Å². The highest BCUT2D eigenvalue weighted by Crippen LogP contribution is 2.49. The molecule has 0 spiro atoms. The molecule has 5 rings (SSSR count). The lowest BCUT2D eigenvalue weighted by Crippen LogP contribution is -2.33. The highest BCUT2D eigenvalue weighted by molar-refractivity contribution is 5.78. The third-order valence-electron chi connectivity index (χ3n) is 6.89. The summed E-state index contributed by atoms with van der Waals surface area (Å²) in [5.74, 6) is 2.76. The highest BCUT2D eigenvalue weighted by atomic mass is 16.2. The average Bonchev–Trinajstić information content (AvgIpc) is 3.37. The normalized spacial score (nSPS) is 22.5. The van der Waals surface area contributed by atoms with Crippen LogP contribution in [0.5, 0.6) is 0 Å². The van der Waals surface area contributed by atoms with Crippen LogP contribution in [0.1, 0.15) is 43.5 Å². The molecule has 3 atom stereocenters. The van der Waals surface area contributed by atoms with Gasteiger partial charge in [0.15, 0.2) is 0 Å². The molecule has 0 aliphatic heterocycles. The van der Waals surface area contributed by atoms with Crippen molar-refractivity contribution < 1.29 is 4.79 Å². The molecule has 1 N–H and O–H groups in total. The summed E-state index contributed by atoms with van der Waals surface area (Å²) in [5, 5.41) is 0.573. The van der Waals surface area contributed by atoms with Crippen molar-refractivity contribution in [2.24, 2.45) is 17.8 Å². The maximum absolute atomic E-state index is 13.3. The lowest BCUT2D eigenvalue weighted by Gasteiger charge is -2.27. The van der Waals surface area contributed by atoms with Gasteiger partial charge in [-0.25, -0.2) is 4.98 Å². The zero-order chi connectivity index (χ0) is 20.5. The standard InChI is InChI=1S/C25H27N3O2/c29-24(14-20-13-18-10-11-19(20)12-18)28(15-17-6-2-1-3-7-17)16-23-26-22-9-5-4-8-21(22)25(30)27-23/h1-9,18-20H,10-16H2,(H,26,27,30). The minimum Gasteiger partial charge on any atom is -0.331 e. The Bertz CT molecular complexity index is 1110. The van der Waals surface area contributed by atoms with Crippen LogP contribution in [0.4, 0.5) is 0 Å². The van der Waals surface area contributed by atoms with Gasteiger partial charge >= 0.3 is 0 Å². The minimum absolute atomic E-state index is 0.157. The van der Waals surface area contributed by atoms with E-state index in [1.165, 1.54) is 25.7 Å². The molecule has 154 valence electrons. The molecule has 5 heteroatoms. The molecule has 2 aliphatic rings. The van der Waals surface area contributed by atoms with Gasteiger partial charge < -0.3 is 9.88 Å². The SMILES string of the molecule is O=C(CC1CC2CCC1C2)N(Cc1ccccc1)Cc1nc2ccccc2c(=O)[nH]1. The number of fused-ring (bicyclic) bond motifs is 3. The first-order chi connectivity index (χ1) is 14.7. The molecule has 0 radical (unpaired) electrons. The second-order valence-electron chi connectivity index (χ2n) is 8.90. The quantitative estimate of drug-likeness (QED) is 0.670. The van der Waals surface area contributed by atoms with Gasteiger partial charge in [0, 0.05) is 13.0 Å². The van der Waals surface area contributed by atoms with Crippen LogP contribution >= 0.6 is 0 Å². The number of rotatable bonds is 6. The van der Waals surface area contributed by atoms with E-state index in [0.29, 0.717) is 42.2 Å². The van der Waals surface area contributed by atoms with Gasteiger partial charge in [0.1, 0.15) is 5.82 Å². The van der Waals surface area contributed by atoms with Crippen molar-refractivity contribution in [1.29, 1.82) is 0 Å². The Morgan fingerprint density at radius 2 is 1.80 bits per heavy atom. The second kappa shape index (κ2) is 8.05. The maximum atomic E-state index is 13.3. The Morgan fingerprint density at radius 1 is 1.00 bits per heavy atom. The zero-order valence-corrected chi connectivity index (χ0v) is 17.1. The number of hydrogen-bond acceptors (Lipinski definition) is 3. The predicted octanol–water partition coefficient (Wildman–Crippen LogP) is 4.28. The van der Waals surface area contributed by atoms with Crippen molar-refractivity contribution in [2.75, 3.05) is 0 Å². The molecule has 2 saturated carbocycles. The van der Waals surface area contributed by atoms with E-state index in [2.05, 4.69) is 9.97 Å². The Labute approximate surface area is 176 Å². The number of nitrogens with one attached hydrogen (secondary N) is 1. The lowest BCUT2D eigenvalue weighted by molar-refractivity contribution is -0.134. The van der Waals surface area contributed by atoms with E-state index >= 15 is 0 Å². The van der Waals surface area contributed by atoms with Crippen LogP contribution in [0.25, 0.3) is 10.9 Å². The highest BCUT2D eigenvalue weighted by Gasteiger charge is 2.40. The Balaban J connectivity index is 1.39. The number of aromatic nitrogens is 2. The number of H-pyrrole nitrogens is 1. The molecule has 2 bridgehead atoms. The first-order valence-corrected chi connectivity index (χ1v) is 11.0. The summed E-state index contributed by atoms with van der Waals surface area (Å²) in [5.41, 5.74) is 1.59. The van der Waals surface area contributed by atoms with Crippen LogP contribution in [0.3, 0.4) is 0 Å². The number of amides is 1. The van der Waals surface area contributed by atoms with Crippen LogP contribution < -0.4 is 5.56 Å². The molecule has 1 aromatic heterocycles. The molecule has 2 fully saturated rings. The smallest absolute Gasteiger partial charge is 0.258 e. The van der Waals surface area contributed by atoms with Crippen LogP contribution in [-0.4, -0.2) is 20.8 Å². The van der Waals surface area contributed by atoms with Crippen molar-refractivity contribution in [1.82, 2.24) is 14.9 Å². The summed E-state index contributed by atoms with van der Waals surface area (Å²) in [6.07, 6.45) is 5.72. The molecule has 2 aromatic carbocycles. The molecule has 30 heavy (non-hydrogen) atoms. The van der Waals surface area contributed by atoms with Crippen LogP contribution in [0.15, 0.2) is 59.4 Å². The van der Waals surface area contributed by atoms with Gasteiger partial charge in [-0.1, -0.05) is 48.9 Å². The fourth-order valence-corrected chi connectivity index (χ4v) is 5.41. The number of carbonyl (C=O) groups is 1. The third-order valence-corrected chi connectivity index (χ3v) is 6.89. The van der Waals surface area contributed by atoms with Gasteiger partial charge in [-0.15, -0.1) is 0 Å². The number of para-hydroxylation sites is 1. The van der Waals surface area contributed by atoms with E-state index in [-0.39, 0.29) is 11.5 Å². The summed E-state index contributed by atoms with van der Waals surface area (Å²) in [4.78, 5) is 35.2. The van der Waals surface area contributed by atoms with Gasteiger partial charge in [-0.2, -0.15) is 0 Å². The lowest BCUT2D eigenvalue weighted by atomic mass is 9.86. The van der Waals surface area contributed by atoms with Crippen LogP contribution in [0, 0.1) is 17.8 Å². The second-order valence-corrected chi connectivity index (χ2v) is 8.90. The van der Waals surface area contributed by atoms with E-state index in [1.807, 2.05) is 53.4 Å². The van der Waals surface area contributed by atoms with Crippen LogP contribution in [0.2, 0.25) is 0 Å². The molecular formula is C25H27N3O2. The molecule has 5 nitrogen and oxygen atoms in total. The van der Waals surface area contributed by atoms with Crippen molar-refractivity contribution in [3.63, 3.8) is 0 Å². The van der Waals surface area contributed by atoms with E-state index in [9.17, 15) is 9.59 Å². The average molecular weight is 402 g/mol. The summed E-state index contributed by atoms with van der Waals surface area (Å²) in [6, 6.07) is 17.4. The van der Waals surface area contributed by atoms with Gasteiger partial charge in [0.2, 0.25) is 5.91 Å². The Kier molecular flexibility index (Phi) is 5.11. The Morgan fingerprint density at radius 3 is 2.57 bits per heavy atom. The monoisotopic (exact) mass is 401 g/mol. The fourth-order valence-electron chi connectivity index (χ4n) is 5.41. The summed E-state index contributed by atoms with van der Waals surface area (Å²) >= 11 is 0. The number of carbonyl (C=O) groups excluding carboxylic acids is 1. The number of hydrogen-bond donors (Lipinski definition) is 1.